The fourth-order valence-corrected chi connectivity index (χ4v) is 3.62. The van der Waals surface area contributed by atoms with Crippen molar-refractivity contribution >= 4 is 39.9 Å². The second-order valence-electron chi connectivity index (χ2n) is 6.82. The highest BCUT2D eigenvalue weighted by Crippen LogP contribution is 2.33. The summed E-state index contributed by atoms with van der Waals surface area (Å²) < 4.78 is 5.90. The van der Waals surface area contributed by atoms with Gasteiger partial charge in [0.05, 0.1) is 24.2 Å². The zero-order valence-corrected chi connectivity index (χ0v) is 18.2. The van der Waals surface area contributed by atoms with E-state index in [-0.39, 0.29) is 5.91 Å². The number of ether oxygens (including phenoxy) is 1. The number of thioether (sulfide) groups is 1. The number of anilines is 2. The van der Waals surface area contributed by atoms with Gasteiger partial charge in [-0.3, -0.25) is 14.7 Å². The lowest BCUT2D eigenvalue weighted by atomic mass is 10.1. The van der Waals surface area contributed by atoms with Crippen LogP contribution in [0.2, 0.25) is 0 Å². The first-order valence-electron chi connectivity index (χ1n) is 10.1. The van der Waals surface area contributed by atoms with E-state index in [1.807, 2.05) is 54.3 Å². The molecule has 4 nitrogen and oxygen atoms in total. The molecular weight excluding hydrogens is 380 g/mol. The molecule has 0 aliphatic rings. The number of carbonyl (C=O) groups excluding carboxylic acids is 1. The molecule has 0 radical (unpaired) electrons. The third kappa shape index (κ3) is 4.91. The monoisotopic (exact) mass is 408 g/mol. The van der Waals surface area contributed by atoms with Crippen molar-refractivity contribution in [2.75, 3.05) is 23.5 Å². The van der Waals surface area contributed by atoms with Crippen molar-refractivity contribution in [3.63, 3.8) is 0 Å². The Labute approximate surface area is 177 Å². The molecule has 0 aliphatic heterocycles. The van der Waals surface area contributed by atoms with Gasteiger partial charge in [-0.2, -0.15) is 11.8 Å². The molecule has 1 heterocycles. The van der Waals surface area contributed by atoms with Gasteiger partial charge in [-0.1, -0.05) is 44.2 Å². The minimum atomic E-state index is 0.0851. The third-order valence-electron chi connectivity index (χ3n) is 4.79. The topological polar surface area (TPSA) is 42.4 Å². The van der Waals surface area contributed by atoms with Gasteiger partial charge in [0, 0.05) is 17.6 Å². The smallest absolute Gasteiger partial charge is 0.231 e. The standard InChI is InChI=1S/C24H28N2O2S/c1-4-9-23(27)26(21-12-7-6-10-18(21)5-2)20-16-19-11-8-13-22(24(19)25-17-20)28-14-15-29-3/h6-8,10-13,16-17H,4-5,9,14-15H2,1-3H3. The van der Waals surface area contributed by atoms with E-state index in [0.717, 1.165) is 52.2 Å². The highest BCUT2D eigenvalue weighted by molar-refractivity contribution is 7.98. The predicted octanol–water partition coefficient (Wildman–Crippen LogP) is 6.00. The molecule has 1 amide bonds. The molecule has 0 atom stereocenters. The summed E-state index contributed by atoms with van der Waals surface area (Å²) in [6.45, 7) is 4.78. The molecule has 5 heteroatoms. The lowest BCUT2D eigenvalue weighted by molar-refractivity contribution is -0.117. The van der Waals surface area contributed by atoms with Crippen LogP contribution in [0.1, 0.15) is 32.3 Å². The Kier molecular flexibility index (Phi) is 7.53. The number of pyridine rings is 1. The molecule has 3 rings (SSSR count). The molecule has 29 heavy (non-hydrogen) atoms. The van der Waals surface area contributed by atoms with Crippen LogP contribution in [-0.2, 0) is 11.2 Å². The summed E-state index contributed by atoms with van der Waals surface area (Å²) in [7, 11) is 0. The minimum absolute atomic E-state index is 0.0851. The Hall–Kier alpha value is -2.53. The molecule has 0 N–H and O–H groups in total. The maximum Gasteiger partial charge on any atom is 0.231 e. The first-order valence-corrected chi connectivity index (χ1v) is 11.5. The summed E-state index contributed by atoms with van der Waals surface area (Å²) in [4.78, 5) is 19.6. The van der Waals surface area contributed by atoms with Crippen LogP contribution in [0.25, 0.3) is 10.9 Å². The van der Waals surface area contributed by atoms with Crippen LogP contribution in [0.5, 0.6) is 5.75 Å². The number of benzene rings is 2. The number of hydrogen-bond acceptors (Lipinski definition) is 4. The van der Waals surface area contributed by atoms with Crippen LogP contribution in [0, 0.1) is 0 Å². The quantitative estimate of drug-likeness (QED) is 0.407. The van der Waals surface area contributed by atoms with Crippen molar-refractivity contribution in [2.45, 2.75) is 33.1 Å². The van der Waals surface area contributed by atoms with Crippen molar-refractivity contribution in [3.8, 4) is 5.75 Å². The van der Waals surface area contributed by atoms with E-state index in [1.165, 1.54) is 0 Å². The van der Waals surface area contributed by atoms with Crippen molar-refractivity contribution in [3.05, 3.63) is 60.3 Å². The SMILES string of the molecule is CCCC(=O)N(c1cnc2c(OCCSC)cccc2c1)c1ccccc1CC. The van der Waals surface area contributed by atoms with E-state index in [4.69, 9.17) is 4.74 Å². The van der Waals surface area contributed by atoms with Crippen molar-refractivity contribution < 1.29 is 9.53 Å². The summed E-state index contributed by atoms with van der Waals surface area (Å²) >= 11 is 1.75. The van der Waals surface area contributed by atoms with Crippen LogP contribution in [0.4, 0.5) is 11.4 Å². The number of hydrogen-bond donors (Lipinski definition) is 0. The molecule has 152 valence electrons. The summed E-state index contributed by atoms with van der Waals surface area (Å²) in [6, 6.07) is 16.0. The first-order chi connectivity index (χ1) is 14.2. The zero-order chi connectivity index (χ0) is 20.6. The average Bonchev–Trinajstić information content (AvgIpc) is 2.74. The van der Waals surface area contributed by atoms with Crippen LogP contribution >= 0.6 is 11.8 Å². The van der Waals surface area contributed by atoms with Gasteiger partial charge in [0.25, 0.3) is 0 Å². The van der Waals surface area contributed by atoms with Crippen LogP contribution in [-0.4, -0.2) is 29.5 Å². The number of nitrogens with zero attached hydrogens (tertiary/aromatic N) is 2. The predicted molar refractivity (Wildman–Crippen MR) is 123 cm³/mol. The first kappa shape index (κ1) is 21.2. The van der Waals surface area contributed by atoms with E-state index in [2.05, 4.69) is 24.2 Å². The van der Waals surface area contributed by atoms with Crippen LogP contribution in [0.15, 0.2) is 54.7 Å². The van der Waals surface area contributed by atoms with Crippen molar-refractivity contribution in [1.29, 1.82) is 0 Å². The minimum Gasteiger partial charge on any atom is -0.490 e. The van der Waals surface area contributed by atoms with Gasteiger partial charge in [-0.15, -0.1) is 0 Å². The summed E-state index contributed by atoms with van der Waals surface area (Å²) in [5.41, 5.74) is 3.69. The Morgan fingerprint density at radius 1 is 1.14 bits per heavy atom. The number of para-hydroxylation sites is 2. The highest BCUT2D eigenvalue weighted by Gasteiger charge is 2.20. The Morgan fingerprint density at radius 2 is 1.97 bits per heavy atom. The normalized spacial score (nSPS) is 10.9. The van der Waals surface area contributed by atoms with Crippen molar-refractivity contribution in [2.24, 2.45) is 0 Å². The van der Waals surface area contributed by atoms with Gasteiger partial charge < -0.3 is 4.74 Å². The third-order valence-corrected chi connectivity index (χ3v) is 5.36. The molecule has 0 bridgehead atoms. The number of amides is 1. The summed E-state index contributed by atoms with van der Waals surface area (Å²) in [5, 5.41) is 0.965. The van der Waals surface area contributed by atoms with Gasteiger partial charge >= 0.3 is 0 Å². The fraction of sp³-hybridized carbons (Fsp3) is 0.333. The van der Waals surface area contributed by atoms with Gasteiger partial charge in [0.15, 0.2) is 0 Å². The second-order valence-corrected chi connectivity index (χ2v) is 7.81. The molecule has 0 unspecified atom stereocenters. The molecule has 0 saturated heterocycles. The van der Waals surface area contributed by atoms with E-state index in [9.17, 15) is 4.79 Å². The summed E-state index contributed by atoms with van der Waals surface area (Å²) in [6.07, 6.45) is 6.00. The van der Waals surface area contributed by atoms with E-state index in [1.54, 1.807) is 18.0 Å². The largest absolute Gasteiger partial charge is 0.490 e. The van der Waals surface area contributed by atoms with Crippen LogP contribution in [0.3, 0.4) is 0 Å². The van der Waals surface area contributed by atoms with Crippen LogP contribution < -0.4 is 9.64 Å². The number of fused-ring (bicyclic) bond motifs is 1. The number of rotatable bonds is 9. The van der Waals surface area contributed by atoms with Gasteiger partial charge in [0.1, 0.15) is 11.3 Å². The molecule has 0 saturated carbocycles. The fourth-order valence-electron chi connectivity index (χ4n) is 3.37. The Balaban J connectivity index is 2.05. The Bertz CT molecular complexity index is 974. The molecular formula is C24H28N2O2S. The number of carbonyl (C=O) groups is 1. The van der Waals surface area contributed by atoms with E-state index in [0.29, 0.717) is 13.0 Å². The van der Waals surface area contributed by atoms with E-state index >= 15 is 0 Å². The number of aromatic nitrogens is 1. The molecule has 1 aromatic heterocycles. The molecule has 0 fully saturated rings. The second kappa shape index (κ2) is 10.3. The highest BCUT2D eigenvalue weighted by atomic mass is 32.2. The van der Waals surface area contributed by atoms with Gasteiger partial charge in [0.2, 0.25) is 5.91 Å². The zero-order valence-electron chi connectivity index (χ0n) is 17.4. The maximum atomic E-state index is 13.1. The van der Waals surface area contributed by atoms with E-state index < -0.39 is 0 Å². The van der Waals surface area contributed by atoms with Crippen molar-refractivity contribution in [1.82, 2.24) is 4.98 Å². The Morgan fingerprint density at radius 3 is 2.72 bits per heavy atom. The molecule has 0 spiro atoms. The summed E-state index contributed by atoms with van der Waals surface area (Å²) in [5.74, 6) is 1.80. The average molecular weight is 409 g/mol. The maximum absolute atomic E-state index is 13.1. The lowest BCUT2D eigenvalue weighted by Crippen LogP contribution is -2.26. The molecule has 2 aromatic carbocycles. The lowest BCUT2D eigenvalue weighted by Gasteiger charge is -2.25. The van der Waals surface area contributed by atoms with Gasteiger partial charge in [-0.25, -0.2) is 0 Å². The van der Waals surface area contributed by atoms with Gasteiger partial charge in [-0.05, 0) is 42.9 Å². The molecule has 3 aromatic rings. The molecule has 0 aliphatic carbocycles. The number of aryl methyl sites for hydroxylation is 1.